The highest BCUT2D eigenvalue weighted by atomic mass is 32.2. The molecule has 0 aromatic heterocycles. The lowest BCUT2D eigenvalue weighted by atomic mass is 10.2. The highest BCUT2D eigenvalue weighted by Crippen LogP contribution is 2.26. The van der Waals surface area contributed by atoms with Gasteiger partial charge in [-0.25, -0.2) is 8.42 Å². The van der Waals surface area contributed by atoms with E-state index in [4.69, 9.17) is 0 Å². The molecule has 0 bridgehead atoms. The van der Waals surface area contributed by atoms with Gasteiger partial charge in [0, 0.05) is 10.5 Å². The Bertz CT molecular complexity index is 684. The zero-order chi connectivity index (χ0) is 14.6. The van der Waals surface area contributed by atoms with Gasteiger partial charge in [-0.1, -0.05) is 60.7 Å². The Hall–Kier alpha value is -2.21. The van der Waals surface area contributed by atoms with E-state index in [0.717, 1.165) is 0 Å². The van der Waals surface area contributed by atoms with Gasteiger partial charge in [-0.2, -0.15) is 0 Å². The molecule has 1 unspecified atom stereocenters. The van der Waals surface area contributed by atoms with Crippen LogP contribution in [0.1, 0.15) is 16.5 Å². The zero-order valence-corrected chi connectivity index (χ0v) is 11.4. The summed E-state index contributed by atoms with van der Waals surface area (Å²) in [4.78, 5) is 10.4. The van der Waals surface area contributed by atoms with E-state index in [-0.39, 0.29) is 11.3 Å². The fourth-order valence-corrected chi connectivity index (χ4v) is 3.61. The van der Waals surface area contributed by atoms with Crippen molar-refractivity contribution in [3.8, 4) is 0 Å². The van der Waals surface area contributed by atoms with Gasteiger partial charge in [-0.15, -0.1) is 0 Å². The first-order chi connectivity index (χ1) is 9.50. The van der Waals surface area contributed by atoms with Crippen LogP contribution in [0.25, 0.3) is 0 Å². The Morgan fingerprint density at radius 2 is 1.45 bits per heavy atom. The molecule has 0 aliphatic heterocycles. The van der Waals surface area contributed by atoms with Gasteiger partial charge in [0.2, 0.25) is 9.84 Å². The van der Waals surface area contributed by atoms with Crippen LogP contribution < -0.4 is 0 Å². The van der Waals surface area contributed by atoms with Gasteiger partial charge in [-0.05, 0) is 5.56 Å². The van der Waals surface area contributed by atoms with Gasteiger partial charge in [0.15, 0.2) is 0 Å². The SMILES string of the molecule is O=[N+]([O-])C(c1ccccc1)S(=O)(=O)Cc1ccccc1. The predicted molar refractivity (Wildman–Crippen MR) is 75.2 cm³/mol. The van der Waals surface area contributed by atoms with Crippen molar-refractivity contribution in [3.63, 3.8) is 0 Å². The number of benzene rings is 2. The summed E-state index contributed by atoms with van der Waals surface area (Å²) in [6.07, 6.45) is 0. The van der Waals surface area contributed by atoms with Crippen molar-refractivity contribution in [1.29, 1.82) is 0 Å². The van der Waals surface area contributed by atoms with Gasteiger partial charge in [0.1, 0.15) is 0 Å². The summed E-state index contributed by atoms with van der Waals surface area (Å²) in [5.41, 5.74) is 0.712. The summed E-state index contributed by atoms with van der Waals surface area (Å²) in [5.74, 6) is -0.353. The molecular weight excluding hydrogens is 278 g/mol. The van der Waals surface area contributed by atoms with Crippen molar-refractivity contribution in [2.24, 2.45) is 0 Å². The van der Waals surface area contributed by atoms with E-state index in [9.17, 15) is 18.5 Å². The van der Waals surface area contributed by atoms with Crippen LogP contribution in [0, 0.1) is 10.1 Å². The molecule has 0 saturated heterocycles. The summed E-state index contributed by atoms with van der Waals surface area (Å²) in [5, 5.41) is 9.43. The first-order valence-electron chi connectivity index (χ1n) is 5.94. The van der Waals surface area contributed by atoms with Crippen LogP contribution in [0.15, 0.2) is 60.7 Å². The molecule has 0 aliphatic carbocycles. The molecule has 0 spiro atoms. The maximum atomic E-state index is 12.3. The molecule has 6 heteroatoms. The van der Waals surface area contributed by atoms with Crippen LogP contribution in [-0.2, 0) is 15.6 Å². The van der Waals surface area contributed by atoms with Crippen molar-refractivity contribution in [1.82, 2.24) is 0 Å². The summed E-state index contributed by atoms with van der Waals surface area (Å²) >= 11 is 0. The van der Waals surface area contributed by atoms with Gasteiger partial charge >= 0.3 is 5.37 Å². The Morgan fingerprint density at radius 1 is 0.950 bits per heavy atom. The number of nitrogens with zero attached hydrogens (tertiary/aromatic N) is 1. The molecule has 1 atom stereocenters. The third-order valence-corrected chi connectivity index (χ3v) is 4.69. The normalized spacial score (nSPS) is 12.8. The van der Waals surface area contributed by atoms with Crippen molar-refractivity contribution in [3.05, 3.63) is 81.9 Å². The summed E-state index contributed by atoms with van der Waals surface area (Å²) in [7, 11) is -3.93. The third kappa shape index (κ3) is 3.21. The van der Waals surface area contributed by atoms with Crippen molar-refractivity contribution >= 4 is 9.84 Å². The lowest BCUT2D eigenvalue weighted by Gasteiger charge is -2.11. The fraction of sp³-hybridized carbons (Fsp3) is 0.143. The minimum atomic E-state index is -3.93. The van der Waals surface area contributed by atoms with E-state index in [1.54, 1.807) is 48.5 Å². The molecule has 0 amide bonds. The molecular formula is C14H13NO4S. The summed E-state index contributed by atoms with van der Waals surface area (Å²) < 4.78 is 24.6. The van der Waals surface area contributed by atoms with Crippen LogP contribution in [0.3, 0.4) is 0 Å². The molecule has 2 rings (SSSR count). The van der Waals surface area contributed by atoms with E-state index >= 15 is 0 Å². The molecule has 2 aromatic rings. The standard InChI is InChI=1S/C14H13NO4S/c16-15(17)14(13-9-5-2-6-10-13)20(18,19)11-12-7-3-1-4-8-12/h1-10,14H,11H2. The van der Waals surface area contributed by atoms with Gasteiger partial charge in [-0.3, -0.25) is 10.1 Å². The van der Waals surface area contributed by atoms with Crippen molar-refractivity contribution in [2.45, 2.75) is 11.1 Å². The Labute approximate surface area is 116 Å². The lowest BCUT2D eigenvalue weighted by Crippen LogP contribution is -2.22. The topological polar surface area (TPSA) is 77.3 Å². The molecule has 0 saturated carbocycles. The largest absolute Gasteiger partial charge is 0.335 e. The average Bonchev–Trinajstić information content (AvgIpc) is 2.39. The monoisotopic (exact) mass is 291 g/mol. The molecule has 0 N–H and O–H groups in total. The average molecular weight is 291 g/mol. The smallest absolute Gasteiger partial charge is 0.263 e. The Balaban J connectivity index is 2.37. The molecule has 0 aliphatic rings. The fourth-order valence-electron chi connectivity index (χ4n) is 1.96. The highest BCUT2D eigenvalue weighted by Gasteiger charge is 2.37. The Morgan fingerprint density at radius 3 is 1.95 bits per heavy atom. The van der Waals surface area contributed by atoms with Gasteiger partial charge in [0.05, 0.1) is 5.75 Å². The minimum Gasteiger partial charge on any atom is -0.263 e. The Kier molecular flexibility index (Phi) is 4.14. The second-order valence-electron chi connectivity index (χ2n) is 4.34. The number of hydrogen-bond acceptors (Lipinski definition) is 4. The third-order valence-electron chi connectivity index (χ3n) is 2.83. The van der Waals surface area contributed by atoms with E-state index in [1.807, 2.05) is 0 Å². The van der Waals surface area contributed by atoms with Crippen LogP contribution in [0.4, 0.5) is 0 Å². The number of sulfone groups is 1. The van der Waals surface area contributed by atoms with E-state index in [0.29, 0.717) is 5.56 Å². The molecule has 0 heterocycles. The summed E-state index contributed by atoms with van der Waals surface area (Å²) in [6, 6.07) is 16.2. The lowest BCUT2D eigenvalue weighted by molar-refractivity contribution is -0.502. The number of nitro groups is 1. The van der Waals surface area contributed by atoms with Crippen LogP contribution in [0.2, 0.25) is 0 Å². The highest BCUT2D eigenvalue weighted by molar-refractivity contribution is 7.90. The molecule has 0 radical (unpaired) electrons. The van der Waals surface area contributed by atoms with E-state index < -0.39 is 20.1 Å². The first kappa shape index (κ1) is 14.2. The quantitative estimate of drug-likeness (QED) is 0.626. The van der Waals surface area contributed by atoms with E-state index in [2.05, 4.69) is 0 Å². The predicted octanol–water partition coefficient (Wildman–Crippen LogP) is 2.58. The van der Waals surface area contributed by atoms with Crippen LogP contribution in [0.5, 0.6) is 0 Å². The maximum Gasteiger partial charge on any atom is 0.335 e. The number of rotatable bonds is 5. The van der Waals surface area contributed by atoms with E-state index in [1.165, 1.54) is 12.1 Å². The molecule has 2 aromatic carbocycles. The maximum absolute atomic E-state index is 12.3. The van der Waals surface area contributed by atoms with Gasteiger partial charge < -0.3 is 0 Å². The second kappa shape index (κ2) is 5.83. The number of hydrogen-bond donors (Lipinski definition) is 0. The molecule has 0 fully saturated rings. The first-order valence-corrected chi connectivity index (χ1v) is 7.66. The van der Waals surface area contributed by atoms with Crippen molar-refractivity contribution < 1.29 is 13.3 Å². The molecule has 20 heavy (non-hydrogen) atoms. The minimum absolute atomic E-state index is 0.174. The molecule has 5 nitrogen and oxygen atoms in total. The van der Waals surface area contributed by atoms with Crippen LogP contribution >= 0.6 is 0 Å². The zero-order valence-electron chi connectivity index (χ0n) is 10.5. The van der Waals surface area contributed by atoms with Gasteiger partial charge in [0.25, 0.3) is 0 Å². The molecule has 104 valence electrons. The second-order valence-corrected chi connectivity index (χ2v) is 6.40. The van der Waals surface area contributed by atoms with Crippen molar-refractivity contribution in [2.75, 3.05) is 0 Å². The van der Waals surface area contributed by atoms with Crippen LogP contribution in [-0.4, -0.2) is 13.3 Å². The summed E-state index contributed by atoms with van der Waals surface area (Å²) in [6.45, 7) is 0.